The molecule has 1 N–H and O–H groups in total. The molecule has 25 heavy (non-hydrogen) atoms. The Morgan fingerprint density at radius 3 is 2.00 bits per heavy atom. The van der Waals surface area contributed by atoms with Gasteiger partial charge in [0.1, 0.15) is 15.1 Å². The summed E-state index contributed by atoms with van der Waals surface area (Å²) in [6.07, 6.45) is 20.6. The summed E-state index contributed by atoms with van der Waals surface area (Å²) in [6.45, 7) is 4.87. The van der Waals surface area contributed by atoms with Crippen molar-refractivity contribution < 1.29 is 5.11 Å². The lowest BCUT2D eigenvalue weighted by Crippen LogP contribution is -2.46. The zero-order chi connectivity index (χ0) is 18.1. The van der Waals surface area contributed by atoms with Crippen LogP contribution >= 0.6 is 0 Å². The molecule has 0 aromatic rings. The maximum atomic E-state index is 11.1. The highest BCUT2D eigenvalue weighted by molar-refractivity contribution is 6.35. The Hall–Kier alpha value is 0.0899. The van der Waals surface area contributed by atoms with E-state index in [4.69, 9.17) is 0 Å². The number of aliphatic hydroxyl groups excluding tert-OH is 1. The Labute approximate surface area is 159 Å². The fourth-order valence-corrected chi connectivity index (χ4v) is 5.58. The minimum atomic E-state index is -0.0508. The molecule has 2 rings (SSSR count). The van der Waals surface area contributed by atoms with E-state index < -0.39 is 0 Å². The van der Waals surface area contributed by atoms with E-state index >= 15 is 0 Å². The molecule has 5 unspecified atom stereocenters. The molecule has 3 heteroatoms. The van der Waals surface area contributed by atoms with Crippen molar-refractivity contribution in [3.8, 4) is 0 Å². The van der Waals surface area contributed by atoms with E-state index in [1.54, 1.807) is 0 Å². The Morgan fingerprint density at radius 2 is 1.36 bits per heavy atom. The van der Waals surface area contributed by atoms with Gasteiger partial charge in [0.05, 0.1) is 6.10 Å². The second-order valence-electron chi connectivity index (χ2n) is 9.99. The van der Waals surface area contributed by atoms with Crippen LogP contribution in [0, 0.1) is 17.8 Å². The largest absolute Gasteiger partial charge is 0.393 e. The second-order valence-corrected chi connectivity index (χ2v) is 9.99. The van der Waals surface area contributed by atoms with Crippen LogP contribution in [0.15, 0.2) is 0 Å². The van der Waals surface area contributed by atoms with Gasteiger partial charge in [0, 0.05) is 0 Å². The van der Waals surface area contributed by atoms with Gasteiger partial charge < -0.3 is 5.11 Å². The van der Waals surface area contributed by atoms with E-state index in [1.165, 1.54) is 103 Å². The van der Waals surface area contributed by atoms with E-state index in [2.05, 4.69) is 21.7 Å². The van der Waals surface area contributed by atoms with Gasteiger partial charge in [-0.2, -0.15) is 0 Å². The maximum Gasteiger partial charge on any atom is 0.120 e. The Bertz CT molecular complexity index is 358. The number of hydrogen-bond donors (Lipinski definition) is 1. The summed E-state index contributed by atoms with van der Waals surface area (Å²) in [5.74, 6) is 1.82. The van der Waals surface area contributed by atoms with Crippen molar-refractivity contribution in [2.75, 3.05) is 0 Å². The van der Waals surface area contributed by atoms with Crippen LogP contribution in [-0.4, -0.2) is 26.3 Å². The molecule has 2 bridgehead atoms. The monoisotopic (exact) mass is 346 g/mol. The van der Waals surface area contributed by atoms with Crippen LogP contribution in [0.3, 0.4) is 0 Å². The summed E-state index contributed by atoms with van der Waals surface area (Å²) in [4.78, 5) is 0. The van der Waals surface area contributed by atoms with Crippen LogP contribution in [0.5, 0.6) is 0 Å². The van der Waals surface area contributed by atoms with Crippen molar-refractivity contribution >= 4 is 15.1 Å². The van der Waals surface area contributed by atoms with E-state index in [0.29, 0.717) is 17.2 Å². The van der Waals surface area contributed by atoms with Gasteiger partial charge in [-0.25, -0.2) is 0 Å². The van der Waals surface area contributed by atoms with Crippen molar-refractivity contribution in [2.45, 2.75) is 121 Å². The third-order valence-corrected chi connectivity index (χ3v) is 7.87. The lowest BCUT2D eigenvalue weighted by Gasteiger charge is -2.50. The number of hydrogen-bond acceptors (Lipinski definition) is 1. The predicted octanol–water partition coefficient (Wildman–Crippen LogP) is 5.40. The standard InChI is InChI=1S/C22H44B2O/c1-18-17-19-13-9-5-3-7-11-15-24-16-12-8-4-6-10-14-20(21(19)25)22(18,2)23/h18-21,24-25H,3-17,23H2,1-2H3. The van der Waals surface area contributed by atoms with Gasteiger partial charge in [0.15, 0.2) is 0 Å². The summed E-state index contributed by atoms with van der Waals surface area (Å²) >= 11 is 0. The summed E-state index contributed by atoms with van der Waals surface area (Å²) in [5, 5.41) is 11.4. The zero-order valence-corrected chi connectivity index (χ0v) is 17.6. The summed E-state index contributed by atoms with van der Waals surface area (Å²) < 4.78 is 0. The van der Waals surface area contributed by atoms with Crippen LogP contribution in [-0.2, 0) is 0 Å². The summed E-state index contributed by atoms with van der Waals surface area (Å²) in [7, 11) is 3.89. The molecule has 2 aliphatic rings. The average Bonchev–Trinajstić information content (AvgIpc) is 2.57. The summed E-state index contributed by atoms with van der Waals surface area (Å²) in [5.41, 5.74) is 0. The quantitative estimate of drug-likeness (QED) is 0.583. The molecule has 0 aromatic heterocycles. The highest BCUT2D eigenvalue weighted by atomic mass is 16.3. The number of fused-ring (bicyclic) bond motifs is 2. The van der Waals surface area contributed by atoms with Gasteiger partial charge in [-0.15, -0.1) is 0 Å². The first-order valence-corrected chi connectivity index (χ1v) is 11.7. The molecule has 1 heterocycles. The molecule has 0 spiro atoms. The van der Waals surface area contributed by atoms with Gasteiger partial charge >= 0.3 is 0 Å². The lowest BCUT2D eigenvalue weighted by molar-refractivity contribution is -0.0339. The topological polar surface area (TPSA) is 20.2 Å². The molecule has 1 aliphatic heterocycles. The Morgan fingerprint density at radius 1 is 0.840 bits per heavy atom. The van der Waals surface area contributed by atoms with Crippen molar-refractivity contribution in [1.82, 2.24) is 0 Å². The first-order chi connectivity index (χ1) is 12.0. The minimum absolute atomic E-state index is 0.0508. The van der Waals surface area contributed by atoms with Crippen molar-refractivity contribution in [3.05, 3.63) is 0 Å². The van der Waals surface area contributed by atoms with Crippen LogP contribution in [0.2, 0.25) is 18.0 Å². The molecule has 1 saturated heterocycles. The molecule has 5 atom stereocenters. The average molecular weight is 346 g/mol. The maximum absolute atomic E-state index is 11.1. The predicted molar refractivity (Wildman–Crippen MR) is 116 cm³/mol. The van der Waals surface area contributed by atoms with Gasteiger partial charge in [-0.05, 0) is 37.0 Å². The van der Waals surface area contributed by atoms with Crippen LogP contribution < -0.4 is 0 Å². The second kappa shape index (κ2) is 11.1. The molecular weight excluding hydrogens is 302 g/mol. The smallest absolute Gasteiger partial charge is 0.120 e. The molecule has 1 saturated carbocycles. The third-order valence-electron chi connectivity index (χ3n) is 7.87. The number of aliphatic hydroxyl groups is 1. The van der Waals surface area contributed by atoms with Crippen molar-refractivity contribution in [2.24, 2.45) is 17.8 Å². The van der Waals surface area contributed by atoms with E-state index in [0.717, 1.165) is 5.92 Å². The third kappa shape index (κ3) is 6.64. The Balaban J connectivity index is 1.91. The van der Waals surface area contributed by atoms with Gasteiger partial charge in [-0.1, -0.05) is 96.0 Å². The van der Waals surface area contributed by atoms with Crippen LogP contribution in [0.1, 0.15) is 97.3 Å². The van der Waals surface area contributed by atoms with Gasteiger partial charge in [-0.3, -0.25) is 0 Å². The molecule has 1 aliphatic carbocycles. The molecule has 144 valence electrons. The highest BCUT2D eigenvalue weighted by Gasteiger charge is 2.46. The fourth-order valence-electron chi connectivity index (χ4n) is 5.58. The molecule has 0 aromatic carbocycles. The van der Waals surface area contributed by atoms with E-state index in [1.807, 2.05) is 0 Å². The van der Waals surface area contributed by atoms with E-state index in [9.17, 15) is 5.11 Å². The van der Waals surface area contributed by atoms with E-state index in [-0.39, 0.29) is 6.10 Å². The Kier molecular flexibility index (Phi) is 9.46. The van der Waals surface area contributed by atoms with Gasteiger partial charge in [0.25, 0.3) is 0 Å². The lowest BCUT2D eigenvalue weighted by atomic mass is 9.47. The van der Waals surface area contributed by atoms with Crippen LogP contribution in [0.25, 0.3) is 0 Å². The first kappa shape index (κ1) is 21.4. The first-order valence-electron chi connectivity index (χ1n) is 11.7. The molecule has 0 radical (unpaired) electrons. The molecule has 0 amide bonds. The fraction of sp³-hybridized carbons (Fsp3) is 1.00. The summed E-state index contributed by atoms with van der Waals surface area (Å²) in [6, 6.07) is 0. The SMILES string of the molecule is BC1(C)C(C)CC2CCCCCCCBCCCCCCCC1C2O. The van der Waals surface area contributed by atoms with Crippen LogP contribution in [0.4, 0.5) is 0 Å². The highest BCUT2D eigenvalue weighted by Crippen LogP contribution is 2.53. The molecule has 2 fully saturated rings. The molecular formula is C22H44B2O. The van der Waals surface area contributed by atoms with Crippen molar-refractivity contribution in [3.63, 3.8) is 0 Å². The van der Waals surface area contributed by atoms with Crippen molar-refractivity contribution in [1.29, 1.82) is 0 Å². The number of rotatable bonds is 0. The minimum Gasteiger partial charge on any atom is -0.393 e. The zero-order valence-electron chi connectivity index (χ0n) is 17.6. The normalized spacial score (nSPS) is 40.4. The van der Waals surface area contributed by atoms with Gasteiger partial charge in [0.2, 0.25) is 0 Å². The molecule has 1 nitrogen and oxygen atoms in total.